The SMILES string of the molecule is CNC(=O)c1ccc(Cl)c(NS(=O)(=O)c2cc([N+](=O)[O-])ccc2C)c1. The Balaban J connectivity index is 2.48. The number of nitrogens with zero attached hydrogens (tertiary/aromatic N) is 1. The number of rotatable bonds is 5. The molecule has 0 aliphatic rings. The van der Waals surface area contributed by atoms with E-state index >= 15 is 0 Å². The average Bonchev–Trinajstić information content (AvgIpc) is 2.55. The summed E-state index contributed by atoms with van der Waals surface area (Å²) in [5.74, 6) is -0.413. The van der Waals surface area contributed by atoms with E-state index in [9.17, 15) is 23.3 Å². The molecule has 0 heterocycles. The van der Waals surface area contributed by atoms with Crippen LogP contribution in [0.25, 0.3) is 0 Å². The van der Waals surface area contributed by atoms with Crippen LogP contribution in [0.5, 0.6) is 0 Å². The van der Waals surface area contributed by atoms with E-state index in [1.165, 1.54) is 44.3 Å². The van der Waals surface area contributed by atoms with E-state index in [0.29, 0.717) is 5.56 Å². The number of hydrogen-bond donors (Lipinski definition) is 2. The summed E-state index contributed by atoms with van der Waals surface area (Å²) in [5, 5.41) is 13.4. The number of aryl methyl sites for hydroxylation is 1. The smallest absolute Gasteiger partial charge is 0.270 e. The molecule has 8 nitrogen and oxygen atoms in total. The van der Waals surface area contributed by atoms with E-state index in [1.54, 1.807) is 0 Å². The number of nitrogens with one attached hydrogen (secondary N) is 2. The van der Waals surface area contributed by atoms with Crippen molar-refractivity contribution in [3.63, 3.8) is 0 Å². The molecule has 2 aromatic carbocycles. The second kappa shape index (κ2) is 7.08. The van der Waals surface area contributed by atoms with Gasteiger partial charge in [0, 0.05) is 24.7 Å². The third-order valence-corrected chi connectivity index (χ3v) is 5.21. The standard InChI is InChI=1S/C15H14ClN3O5S/c1-9-3-5-11(19(21)22)8-14(9)25(23,24)18-13-7-10(15(20)17-2)4-6-12(13)16/h3-8,18H,1-2H3,(H,17,20). The van der Waals surface area contributed by atoms with Crippen LogP contribution < -0.4 is 10.0 Å². The van der Waals surface area contributed by atoms with Crippen LogP contribution in [0.4, 0.5) is 11.4 Å². The van der Waals surface area contributed by atoms with Crippen molar-refractivity contribution in [2.45, 2.75) is 11.8 Å². The van der Waals surface area contributed by atoms with Gasteiger partial charge < -0.3 is 5.32 Å². The number of amides is 1. The lowest BCUT2D eigenvalue weighted by atomic mass is 10.2. The van der Waals surface area contributed by atoms with Crippen molar-refractivity contribution in [3.8, 4) is 0 Å². The van der Waals surface area contributed by atoms with Gasteiger partial charge in [0.1, 0.15) is 0 Å². The van der Waals surface area contributed by atoms with Gasteiger partial charge in [-0.3, -0.25) is 19.6 Å². The molecule has 2 rings (SSSR count). The number of halogens is 1. The Labute approximate surface area is 149 Å². The van der Waals surface area contributed by atoms with Crippen LogP contribution in [0.2, 0.25) is 5.02 Å². The van der Waals surface area contributed by atoms with Crippen LogP contribution in [-0.2, 0) is 10.0 Å². The fourth-order valence-electron chi connectivity index (χ4n) is 2.08. The highest BCUT2D eigenvalue weighted by Crippen LogP contribution is 2.28. The molecule has 0 fully saturated rings. The zero-order valence-electron chi connectivity index (χ0n) is 13.2. The second-order valence-electron chi connectivity index (χ2n) is 5.09. The highest BCUT2D eigenvalue weighted by molar-refractivity contribution is 7.92. The van der Waals surface area contributed by atoms with Crippen LogP contribution in [0, 0.1) is 17.0 Å². The number of sulfonamides is 1. The van der Waals surface area contributed by atoms with Crippen molar-refractivity contribution >= 4 is 38.9 Å². The quantitative estimate of drug-likeness (QED) is 0.607. The summed E-state index contributed by atoms with van der Waals surface area (Å²) in [6.07, 6.45) is 0. The normalized spacial score (nSPS) is 11.0. The number of anilines is 1. The van der Waals surface area contributed by atoms with Gasteiger partial charge in [0.25, 0.3) is 21.6 Å². The van der Waals surface area contributed by atoms with Crippen LogP contribution in [0.1, 0.15) is 15.9 Å². The zero-order chi connectivity index (χ0) is 18.8. The van der Waals surface area contributed by atoms with Crippen molar-refractivity contribution in [3.05, 3.63) is 62.7 Å². The lowest BCUT2D eigenvalue weighted by Gasteiger charge is -2.12. The minimum Gasteiger partial charge on any atom is -0.355 e. The minimum absolute atomic E-state index is 0.00586. The third kappa shape index (κ3) is 4.06. The average molecular weight is 384 g/mol. The molecule has 1 amide bonds. The monoisotopic (exact) mass is 383 g/mol. The maximum Gasteiger partial charge on any atom is 0.270 e. The molecule has 0 aliphatic carbocycles. The highest BCUT2D eigenvalue weighted by atomic mass is 35.5. The molecule has 0 spiro atoms. The van der Waals surface area contributed by atoms with Crippen molar-refractivity contribution in [2.75, 3.05) is 11.8 Å². The number of non-ortho nitro benzene ring substituents is 1. The van der Waals surface area contributed by atoms with Crippen molar-refractivity contribution < 1.29 is 18.1 Å². The van der Waals surface area contributed by atoms with Crippen molar-refractivity contribution in [1.82, 2.24) is 5.32 Å². The van der Waals surface area contributed by atoms with Gasteiger partial charge in [0.05, 0.1) is 20.5 Å². The second-order valence-corrected chi connectivity index (χ2v) is 7.14. The summed E-state index contributed by atoms with van der Waals surface area (Å²) < 4.78 is 27.5. The third-order valence-electron chi connectivity index (χ3n) is 3.37. The lowest BCUT2D eigenvalue weighted by molar-refractivity contribution is -0.385. The van der Waals surface area contributed by atoms with Gasteiger partial charge in [-0.15, -0.1) is 0 Å². The molecule has 0 aliphatic heterocycles. The van der Waals surface area contributed by atoms with Crippen LogP contribution in [0.3, 0.4) is 0 Å². The number of benzene rings is 2. The first-order valence-electron chi connectivity index (χ1n) is 6.95. The first kappa shape index (κ1) is 18.7. The molecular formula is C15H14ClN3O5S. The number of nitro benzene ring substituents is 1. The van der Waals surface area contributed by atoms with Crippen LogP contribution in [-0.4, -0.2) is 26.3 Å². The van der Waals surface area contributed by atoms with E-state index in [-0.39, 0.29) is 26.9 Å². The van der Waals surface area contributed by atoms with Gasteiger partial charge in [-0.2, -0.15) is 0 Å². The summed E-state index contributed by atoms with van der Waals surface area (Å²) in [5.41, 5.74) is 0.182. The largest absolute Gasteiger partial charge is 0.355 e. The topological polar surface area (TPSA) is 118 Å². The Morgan fingerprint density at radius 2 is 1.88 bits per heavy atom. The lowest BCUT2D eigenvalue weighted by Crippen LogP contribution is -2.19. The summed E-state index contributed by atoms with van der Waals surface area (Å²) in [6.45, 7) is 1.51. The summed E-state index contributed by atoms with van der Waals surface area (Å²) >= 11 is 5.99. The number of hydrogen-bond acceptors (Lipinski definition) is 5. The van der Waals surface area contributed by atoms with Crippen molar-refractivity contribution in [2.24, 2.45) is 0 Å². The minimum atomic E-state index is -4.14. The highest BCUT2D eigenvalue weighted by Gasteiger charge is 2.22. The Kier molecular flexibility index (Phi) is 5.29. The Bertz CT molecular complexity index is 960. The number of carbonyl (C=O) groups excluding carboxylic acids is 1. The van der Waals surface area contributed by atoms with Gasteiger partial charge >= 0.3 is 0 Å². The summed E-state index contributed by atoms with van der Waals surface area (Å²) in [6, 6.07) is 7.63. The molecule has 25 heavy (non-hydrogen) atoms. The van der Waals surface area contributed by atoms with E-state index < -0.39 is 20.9 Å². The molecule has 0 bridgehead atoms. The molecule has 0 aromatic heterocycles. The van der Waals surface area contributed by atoms with Crippen LogP contribution in [0.15, 0.2) is 41.3 Å². The number of nitro groups is 1. The molecule has 0 atom stereocenters. The predicted molar refractivity (Wildman–Crippen MR) is 93.5 cm³/mol. The van der Waals surface area contributed by atoms with E-state index in [2.05, 4.69) is 10.0 Å². The Morgan fingerprint density at radius 1 is 1.20 bits per heavy atom. The Hall–Kier alpha value is -2.65. The molecule has 10 heteroatoms. The van der Waals surface area contributed by atoms with Crippen molar-refractivity contribution in [1.29, 1.82) is 0 Å². The molecule has 2 aromatic rings. The van der Waals surface area contributed by atoms with Gasteiger partial charge in [-0.05, 0) is 30.7 Å². The Morgan fingerprint density at radius 3 is 2.48 bits per heavy atom. The molecule has 2 N–H and O–H groups in total. The summed E-state index contributed by atoms with van der Waals surface area (Å²) in [7, 11) is -2.70. The molecule has 0 unspecified atom stereocenters. The zero-order valence-corrected chi connectivity index (χ0v) is 14.8. The molecule has 0 saturated carbocycles. The van der Waals surface area contributed by atoms with Gasteiger partial charge in [-0.25, -0.2) is 8.42 Å². The van der Waals surface area contributed by atoms with E-state index in [4.69, 9.17) is 11.6 Å². The first-order chi connectivity index (χ1) is 11.7. The molecule has 0 saturated heterocycles. The fourth-order valence-corrected chi connectivity index (χ4v) is 3.64. The first-order valence-corrected chi connectivity index (χ1v) is 8.81. The fraction of sp³-hybridized carbons (Fsp3) is 0.133. The number of carbonyl (C=O) groups is 1. The molecule has 0 radical (unpaired) electrons. The van der Waals surface area contributed by atoms with Gasteiger partial charge in [0.2, 0.25) is 0 Å². The van der Waals surface area contributed by atoms with Crippen LogP contribution >= 0.6 is 11.6 Å². The van der Waals surface area contributed by atoms with Gasteiger partial charge in [0.15, 0.2) is 0 Å². The molecular weight excluding hydrogens is 370 g/mol. The predicted octanol–water partition coefficient (Wildman–Crippen LogP) is 2.72. The van der Waals surface area contributed by atoms with E-state index in [0.717, 1.165) is 6.07 Å². The van der Waals surface area contributed by atoms with Gasteiger partial charge in [-0.1, -0.05) is 17.7 Å². The molecule has 132 valence electrons. The summed E-state index contributed by atoms with van der Waals surface area (Å²) in [4.78, 5) is 21.6. The van der Waals surface area contributed by atoms with E-state index in [1.807, 2.05) is 0 Å². The maximum absolute atomic E-state index is 12.6. The maximum atomic E-state index is 12.6.